The van der Waals surface area contributed by atoms with Gasteiger partial charge in [0.15, 0.2) is 11.5 Å². The molecule has 2 rings (SSSR count). The van der Waals surface area contributed by atoms with Gasteiger partial charge in [0.25, 0.3) is 0 Å². The third-order valence-electron chi connectivity index (χ3n) is 3.63. The Morgan fingerprint density at radius 1 is 1.16 bits per heavy atom. The molecule has 0 bridgehead atoms. The predicted molar refractivity (Wildman–Crippen MR) is 112 cm³/mol. The number of aromatic nitrogens is 1. The number of esters is 1. The average Bonchev–Trinajstić information content (AvgIpc) is 2.83. The molecule has 0 saturated heterocycles. The van der Waals surface area contributed by atoms with Crippen LogP contribution in [0.3, 0.4) is 0 Å². The van der Waals surface area contributed by atoms with E-state index in [1.165, 1.54) is 0 Å². The molecule has 0 unspecified atom stereocenters. The van der Waals surface area contributed by atoms with Crippen molar-refractivity contribution in [1.29, 1.82) is 0 Å². The van der Waals surface area contributed by atoms with Crippen molar-refractivity contribution in [1.82, 2.24) is 4.57 Å². The molecule has 2 aromatic rings. The van der Waals surface area contributed by atoms with Crippen LogP contribution in [0.4, 0.5) is 0 Å². The summed E-state index contributed by atoms with van der Waals surface area (Å²) in [5.41, 5.74) is 1.60. The SMILES string of the molecule is CCOC(=O)c1c(Br)c(Br)c(I)n1CCc1ccc(OC)c(OC)c1. The lowest BCUT2D eigenvalue weighted by Crippen LogP contribution is -2.15. The molecule has 0 atom stereocenters. The Morgan fingerprint density at radius 3 is 2.44 bits per heavy atom. The number of methoxy groups -OCH3 is 2. The maximum absolute atomic E-state index is 12.3. The molecule has 0 spiro atoms. The molecule has 1 aromatic heterocycles. The number of aryl methyl sites for hydroxylation is 1. The largest absolute Gasteiger partial charge is 0.493 e. The lowest BCUT2D eigenvalue weighted by atomic mass is 10.1. The van der Waals surface area contributed by atoms with Gasteiger partial charge in [-0.1, -0.05) is 6.07 Å². The molecular formula is C17H18Br2INO4. The highest BCUT2D eigenvalue weighted by Crippen LogP contribution is 2.35. The van der Waals surface area contributed by atoms with Crippen molar-refractivity contribution in [2.45, 2.75) is 19.9 Å². The van der Waals surface area contributed by atoms with Crippen LogP contribution in [0.5, 0.6) is 11.5 Å². The number of hydrogen-bond donors (Lipinski definition) is 0. The van der Waals surface area contributed by atoms with Gasteiger partial charge in [-0.25, -0.2) is 4.79 Å². The van der Waals surface area contributed by atoms with E-state index < -0.39 is 0 Å². The molecule has 0 fully saturated rings. The minimum absolute atomic E-state index is 0.334. The van der Waals surface area contributed by atoms with Crippen LogP contribution in [0.1, 0.15) is 23.0 Å². The van der Waals surface area contributed by atoms with Crippen LogP contribution in [-0.4, -0.2) is 31.4 Å². The Bertz CT molecular complexity index is 776. The van der Waals surface area contributed by atoms with Crippen molar-refractivity contribution in [3.63, 3.8) is 0 Å². The number of nitrogens with zero attached hydrogens (tertiary/aromatic N) is 1. The summed E-state index contributed by atoms with van der Waals surface area (Å²) < 4.78 is 20.2. The van der Waals surface area contributed by atoms with Gasteiger partial charge < -0.3 is 18.8 Å². The second-order valence-electron chi connectivity index (χ2n) is 5.08. The fourth-order valence-corrected chi connectivity index (χ4v) is 4.50. The average molecular weight is 587 g/mol. The van der Waals surface area contributed by atoms with Gasteiger partial charge in [0.2, 0.25) is 0 Å². The van der Waals surface area contributed by atoms with Crippen LogP contribution in [0.15, 0.2) is 27.1 Å². The third-order valence-corrected chi connectivity index (χ3v) is 7.57. The normalized spacial score (nSPS) is 10.6. The van der Waals surface area contributed by atoms with Gasteiger partial charge in [-0.15, -0.1) is 0 Å². The molecule has 25 heavy (non-hydrogen) atoms. The maximum Gasteiger partial charge on any atom is 0.356 e. The first-order chi connectivity index (χ1) is 11.9. The van der Waals surface area contributed by atoms with Crippen LogP contribution in [-0.2, 0) is 17.7 Å². The van der Waals surface area contributed by atoms with Crippen molar-refractivity contribution in [2.24, 2.45) is 0 Å². The Labute approximate surface area is 177 Å². The zero-order valence-corrected chi connectivity index (χ0v) is 19.4. The summed E-state index contributed by atoms with van der Waals surface area (Å²) in [5, 5.41) is 0. The van der Waals surface area contributed by atoms with E-state index in [1.54, 1.807) is 21.1 Å². The number of halogens is 3. The molecule has 1 aromatic carbocycles. The van der Waals surface area contributed by atoms with Gasteiger partial charge in [0, 0.05) is 6.54 Å². The van der Waals surface area contributed by atoms with E-state index in [0.29, 0.717) is 34.8 Å². The summed E-state index contributed by atoms with van der Waals surface area (Å²) in [5.74, 6) is 1.04. The smallest absolute Gasteiger partial charge is 0.356 e. The molecule has 0 amide bonds. The summed E-state index contributed by atoms with van der Waals surface area (Å²) in [7, 11) is 3.23. The first-order valence-electron chi connectivity index (χ1n) is 7.55. The molecular weight excluding hydrogens is 569 g/mol. The number of benzene rings is 1. The molecule has 0 aliphatic carbocycles. The van der Waals surface area contributed by atoms with Crippen molar-refractivity contribution in [3.8, 4) is 11.5 Å². The first-order valence-corrected chi connectivity index (χ1v) is 10.2. The zero-order valence-electron chi connectivity index (χ0n) is 14.1. The van der Waals surface area contributed by atoms with E-state index in [4.69, 9.17) is 14.2 Å². The molecule has 0 aliphatic heterocycles. The van der Waals surface area contributed by atoms with Crippen LogP contribution >= 0.6 is 54.5 Å². The highest BCUT2D eigenvalue weighted by molar-refractivity contribution is 14.1. The van der Waals surface area contributed by atoms with Gasteiger partial charge in [-0.2, -0.15) is 0 Å². The lowest BCUT2D eigenvalue weighted by Gasteiger charge is -2.12. The number of hydrogen-bond acceptors (Lipinski definition) is 4. The molecule has 0 saturated carbocycles. The van der Waals surface area contributed by atoms with E-state index in [-0.39, 0.29) is 5.97 Å². The van der Waals surface area contributed by atoms with Crippen LogP contribution in [0.2, 0.25) is 0 Å². The lowest BCUT2D eigenvalue weighted by molar-refractivity contribution is 0.0512. The maximum atomic E-state index is 12.3. The van der Waals surface area contributed by atoms with Gasteiger partial charge >= 0.3 is 5.97 Å². The van der Waals surface area contributed by atoms with E-state index in [0.717, 1.165) is 20.2 Å². The number of carbonyl (C=O) groups excluding carboxylic acids is 1. The van der Waals surface area contributed by atoms with E-state index >= 15 is 0 Å². The van der Waals surface area contributed by atoms with Crippen LogP contribution < -0.4 is 9.47 Å². The minimum atomic E-state index is -0.342. The van der Waals surface area contributed by atoms with Crippen molar-refractivity contribution >= 4 is 60.4 Å². The quantitative estimate of drug-likeness (QED) is 0.336. The van der Waals surface area contributed by atoms with Crippen molar-refractivity contribution in [2.75, 3.05) is 20.8 Å². The minimum Gasteiger partial charge on any atom is -0.493 e. The number of carbonyl (C=O) groups is 1. The number of rotatable bonds is 7. The standard InChI is InChI=1S/C17H18Br2INO4/c1-4-25-17(22)15-13(18)14(19)16(20)21(15)8-7-10-5-6-11(23-2)12(9-10)24-3/h5-6,9H,4,7-8H2,1-3H3. The summed E-state index contributed by atoms with van der Waals surface area (Å²) in [6.45, 7) is 2.76. The van der Waals surface area contributed by atoms with Gasteiger partial charge in [0.1, 0.15) is 5.69 Å². The van der Waals surface area contributed by atoms with E-state index in [2.05, 4.69) is 54.5 Å². The molecule has 5 nitrogen and oxygen atoms in total. The highest BCUT2D eigenvalue weighted by atomic mass is 127. The van der Waals surface area contributed by atoms with Gasteiger partial charge in [-0.3, -0.25) is 0 Å². The van der Waals surface area contributed by atoms with Gasteiger partial charge in [-0.05, 0) is 85.5 Å². The fraction of sp³-hybridized carbons (Fsp3) is 0.353. The Kier molecular flexibility index (Phi) is 7.63. The third kappa shape index (κ3) is 4.51. The second-order valence-corrected chi connectivity index (χ2v) is 7.69. The van der Waals surface area contributed by atoms with Crippen molar-refractivity contribution < 1.29 is 19.0 Å². The summed E-state index contributed by atoms with van der Waals surface area (Å²) in [6.07, 6.45) is 0.732. The summed E-state index contributed by atoms with van der Waals surface area (Å²) in [4.78, 5) is 12.3. The van der Waals surface area contributed by atoms with Crippen LogP contribution in [0, 0.1) is 3.70 Å². The molecule has 0 radical (unpaired) electrons. The monoisotopic (exact) mass is 585 g/mol. The Morgan fingerprint density at radius 2 is 1.84 bits per heavy atom. The Balaban J connectivity index is 2.29. The first kappa shape index (κ1) is 20.6. The summed E-state index contributed by atoms with van der Waals surface area (Å²) >= 11 is 9.21. The molecule has 8 heteroatoms. The predicted octanol–water partition coefficient (Wildman–Crippen LogP) is 5.05. The molecule has 136 valence electrons. The molecule has 0 N–H and O–H groups in total. The highest BCUT2D eigenvalue weighted by Gasteiger charge is 2.24. The zero-order chi connectivity index (χ0) is 18.6. The van der Waals surface area contributed by atoms with Crippen LogP contribution in [0.25, 0.3) is 0 Å². The van der Waals surface area contributed by atoms with Gasteiger partial charge in [0.05, 0.1) is 33.5 Å². The molecule has 1 heterocycles. The Hall–Kier alpha value is -0.740. The second kappa shape index (κ2) is 9.27. The fourth-order valence-electron chi connectivity index (χ4n) is 2.42. The topological polar surface area (TPSA) is 49.7 Å². The van der Waals surface area contributed by atoms with E-state index in [1.807, 2.05) is 22.8 Å². The summed E-state index contributed by atoms with van der Waals surface area (Å²) in [6, 6.07) is 5.82. The molecule has 0 aliphatic rings. The van der Waals surface area contributed by atoms with E-state index in [9.17, 15) is 4.79 Å². The number of ether oxygens (including phenoxy) is 3. The van der Waals surface area contributed by atoms with Crippen molar-refractivity contribution in [3.05, 3.63) is 42.1 Å².